The van der Waals surface area contributed by atoms with Crippen LogP contribution in [-0.4, -0.2) is 89.6 Å². The van der Waals surface area contributed by atoms with E-state index in [9.17, 15) is 14.0 Å². The van der Waals surface area contributed by atoms with Gasteiger partial charge >= 0.3 is 0 Å². The van der Waals surface area contributed by atoms with Gasteiger partial charge in [-0.25, -0.2) is 4.39 Å². The number of hydrogen-bond donors (Lipinski definition) is 2. The first-order valence-electron chi connectivity index (χ1n) is 8.87. The van der Waals surface area contributed by atoms with Gasteiger partial charge in [-0.2, -0.15) is 0 Å². The Morgan fingerprint density at radius 1 is 0.926 bits per heavy atom. The molecule has 0 aliphatic carbocycles. The first-order valence-corrected chi connectivity index (χ1v) is 8.87. The van der Waals surface area contributed by atoms with Crippen molar-refractivity contribution in [3.05, 3.63) is 0 Å². The molecular weight excluding hydrogens is 363 g/mol. The average molecular weight is 396 g/mol. The first-order chi connectivity index (χ1) is 12.8. The van der Waals surface area contributed by atoms with Crippen molar-refractivity contribution >= 4 is 11.8 Å². The lowest BCUT2D eigenvalue weighted by molar-refractivity contribution is -0.123. The van der Waals surface area contributed by atoms with Crippen LogP contribution in [0.25, 0.3) is 0 Å². The fraction of sp³-hybridized carbons (Fsp3) is 0.882. The molecule has 0 radical (unpaired) electrons. The van der Waals surface area contributed by atoms with Gasteiger partial charge < -0.3 is 34.7 Å². The zero-order valence-corrected chi connectivity index (χ0v) is 16.5. The van der Waals surface area contributed by atoms with Gasteiger partial charge in [-0.1, -0.05) is 0 Å². The second kappa shape index (κ2) is 15.7. The number of nitrogens with two attached hydrogens (primary N) is 1. The van der Waals surface area contributed by atoms with Crippen LogP contribution in [0.15, 0.2) is 0 Å². The first kappa shape index (κ1) is 25.7. The predicted octanol–water partition coefficient (Wildman–Crippen LogP) is -0.192. The molecule has 2 amide bonds. The number of carbonyl (C=O) groups is 2. The Morgan fingerprint density at radius 2 is 1.37 bits per heavy atom. The lowest BCUT2D eigenvalue weighted by Crippen LogP contribution is -2.44. The number of nitrogens with one attached hydrogen (secondary N) is 1. The topological polar surface area (TPSA) is 118 Å². The summed E-state index contributed by atoms with van der Waals surface area (Å²) < 4.78 is 40.3. The molecule has 0 aromatic heterocycles. The molecule has 1 atom stereocenters. The summed E-state index contributed by atoms with van der Waals surface area (Å²) in [5, 5.41) is 2.43. The van der Waals surface area contributed by atoms with Gasteiger partial charge in [0.05, 0.1) is 65.0 Å². The fourth-order valence-electron chi connectivity index (χ4n) is 1.77. The standard InChI is InChI=1S/C17H33FN2O7/c1-14(21)20-12-15(18)17(2,3)27-11-10-25-7-6-23-4-5-24-8-9-26-13-16(19)22/h15H,4-13H2,1-3H3,(H2,19,22)(H,20,21). The Hall–Kier alpha value is -1.33. The number of carbonyl (C=O) groups excluding carboxylic acids is 2. The quantitative estimate of drug-likeness (QED) is 0.308. The number of ether oxygens (including phenoxy) is 5. The molecule has 0 saturated carbocycles. The van der Waals surface area contributed by atoms with Gasteiger partial charge in [0.25, 0.3) is 0 Å². The predicted molar refractivity (Wildman–Crippen MR) is 96.1 cm³/mol. The molecule has 0 saturated heterocycles. The van der Waals surface area contributed by atoms with Crippen LogP contribution in [0.2, 0.25) is 0 Å². The Balaban J connectivity index is 3.41. The highest BCUT2D eigenvalue weighted by Crippen LogP contribution is 2.17. The number of primary amides is 1. The second-order valence-corrected chi connectivity index (χ2v) is 6.21. The van der Waals surface area contributed by atoms with Crippen LogP contribution in [0.3, 0.4) is 0 Å². The minimum atomic E-state index is -1.31. The number of alkyl halides is 1. The SMILES string of the molecule is CC(=O)NCC(F)C(C)(C)OCCOCCOCCOCCOCC(N)=O. The summed E-state index contributed by atoms with van der Waals surface area (Å²) in [6, 6.07) is 0. The number of hydrogen-bond acceptors (Lipinski definition) is 7. The van der Waals surface area contributed by atoms with Crippen LogP contribution in [0.4, 0.5) is 4.39 Å². The number of halogens is 1. The molecule has 0 aromatic carbocycles. The Morgan fingerprint density at radius 3 is 1.81 bits per heavy atom. The van der Waals surface area contributed by atoms with Gasteiger partial charge in [0.2, 0.25) is 11.8 Å². The molecular formula is C17H33FN2O7. The third kappa shape index (κ3) is 16.6. The van der Waals surface area contributed by atoms with Crippen molar-refractivity contribution in [1.82, 2.24) is 5.32 Å². The second-order valence-electron chi connectivity index (χ2n) is 6.21. The van der Waals surface area contributed by atoms with Crippen molar-refractivity contribution in [3.63, 3.8) is 0 Å². The third-order valence-electron chi connectivity index (χ3n) is 3.35. The highest BCUT2D eigenvalue weighted by molar-refractivity contribution is 5.75. The monoisotopic (exact) mass is 396 g/mol. The minimum absolute atomic E-state index is 0.0869. The number of rotatable bonds is 18. The van der Waals surface area contributed by atoms with Crippen molar-refractivity contribution in [3.8, 4) is 0 Å². The maximum atomic E-state index is 14.0. The van der Waals surface area contributed by atoms with E-state index in [-0.39, 0.29) is 25.7 Å². The molecule has 0 rings (SSSR count). The molecule has 1 unspecified atom stereocenters. The van der Waals surface area contributed by atoms with Gasteiger partial charge in [0.1, 0.15) is 12.8 Å². The van der Waals surface area contributed by atoms with Crippen molar-refractivity contribution in [1.29, 1.82) is 0 Å². The maximum absolute atomic E-state index is 14.0. The molecule has 0 heterocycles. The largest absolute Gasteiger partial charge is 0.377 e. The van der Waals surface area contributed by atoms with Crippen molar-refractivity contribution in [2.75, 3.05) is 66.0 Å². The van der Waals surface area contributed by atoms with Gasteiger partial charge in [-0.15, -0.1) is 0 Å². The molecule has 27 heavy (non-hydrogen) atoms. The van der Waals surface area contributed by atoms with Crippen LogP contribution in [-0.2, 0) is 33.3 Å². The molecule has 3 N–H and O–H groups in total. The van der Waals surface area contributed by atoms with E-state index < -0.39 is 17.7 Å². The average Bonchev–Trinajstić information content (AvgIpc) is 2.59. The van der Waals surface area contributed by atoms with E-state index in [1.165, 1.54) is 6.92 Å². The zero-order valence-electron chi connectivity index (χ0n) is 16.5. The zero-order chi connectivity index (χ0) is 20.5. The van der Waals surface area contributed by atoms with Crippen molar-refractivity contribution in [2.45, 2.75) is 32.5 Å². The van der Waals surface area contributed by atoms with E-state index in [4.69, 9.17) is 29.4 Å². The maximum Gasteiger partial charge on any atom is 0.243 e. The van der Waals surface area contributed by atoms with Crippen LogP contribution in [0.1, 0.15) is 20.8 Å². The molecule has 9 nitrogen and oxygen atoms in total. The Labute approximate surface area is 160 Å². The highest BCUT2D eigenvalue weighted by atomic mass is 19.1. The van der Waals surface area contributed by atoms with E-state index in [1.807, 2.05) is 0 Å². The molecule has 10 heteroatoms. The fourth-order valence-corrected chi connectivity index (χ4v) is 1.77. The molecule has 0 aliphatic rings. The van der Waals surface area contributed by atoms with E-state index in [0.29, 0.717) is 46.2 Å². The van der Waals surface area contributed by atoms with Crippen LogP contribution >= 0.6 is 0 Å². The number of amides is 2. The van der Waals surface area contributed by atoms with Crippen LogP contribution in [0.5, 0.6) is 0 Å². The van der Waals surface area contributed by atoms with E-state index in [1.54, 1.807) is 13.8 Å². The minimum Gasteiger partial charge on any atom is -0.377 e. The normalized spacial score (nSPS) is 12.7. The molecule has 0 aliphatic heterocycles. The summed E-state index contributed by atoms with van der Waals surface area (Å²) in [7, 11) is 0. The molecule has 0 fully saturated rings. The summed E-state index contributed by atoms with van der Waals surface area (Å²) in [6.07, 6.45) is -1.31. The van der Waals surface area contributed by atoms with E-state index in [0.717, 1.165) is 0 Å². The van der Waals surface area contributed by atoms with Crippen LogP contribution in [0, 0.1) is 0 Å². The van der Waals surface area contributed by atoms with Gasteiger partial charge in [-0.3, -0.25) is 9.59 Å². The Bertz CT molecular complexity index is 411. The van der Waals surface area contributed by atoms with Gasteiger partial charge in [0, 0.05) is 6.92 Å². The van der Waals surface area contributed by atoms with Crippen molar-refractivity contribution in [2.24, 2.45) is 5.73 Å². The molecule has 160 valence electrons. The molecule has 0 spiro atoms. The van der Waals surface area contributed by atoms with Gasteiger partial charge in [0.15, 0.2) is 0 Å². The smallest absolute Gasteiger partial charge is 0.243 e. The summed E-state index contributed by atoms with van der Waals surface area (Å²) >= 11 is 0. The molecule has 0 aromatic rings. The summed E-state index contributed by atoms with van der Waals surface area (Å²) in [5.74, 6) is -0.791. The lowest BCUT2D eigenvalue weighted by atomic mass is 10.0. The Kier molecular flexibility index (Phi) is 14.9. The molecule has 0 bridgehead atoms. The third-order valence-corrected chi connectivity index (χ3v) is 3.35. The summed E-state index contributed by atoms with van der Waals surface area (Å²) in [4.78, 5) is 21.2. The van der Waals surface area contributed by atoms with Crippen LogP contribution < -0.4 is 11.1 Å². The van der Waals surface area contributed by atoms with E-state index in [2.05, 4.69) is 5.32 Å². The summed E-state index contributed by atoms with van der Waals surface area (Å²) in [5.41, 5.74) is 3.90. The van der Waals surface area contributed by atoms with E-state index >= 15 is 0 Å². The van der Waals surface area contributed by atoms with Crippen molar-refractivity contribution < 1.29 is 37.7 Å². The summed E-state index contributed by atoms with van der Waals surface area (Å²) in [6.45, 7) is 7.21. The highest BCUT2D eigenvalue weighted by Gasteiger charge is 2.30. The lowest BCUT2D eigenvalue weighted by Gasteiger charge is -2.29. The van der Waals surface area contributed by atoms with Gasteiger partial charge in [-0.05, 0) is 13.8 Å².